The van der Waals surface area contributed by atoms with E-state index in [1.165, 1.54) is 48.2 Å². The molecule has 0 spiro atoms. The van der Waals surface area contributed by atoms with Crippen molar-refractivity contribution in [3.05, 3.63) is 15.9 Å². The molecule has 0 unspecified atom stereocenters. The van der Waals surface area contributed by atoms with Crippen molar-refractivity contribution < 1.29 is 0 Å². The number of halogens is 1. The first-order chi connectivity index (χ1) is 9.46. The predicted molar refractivity (Wildman–Crippen MR) is 87.9 cm³/mol. The van der Waals surface area contributed by atoms with Gasteiger partial charge in [0.05, 0.1) is 15.9 Å². The Kier molecular flexibility index (Phi) is 5.30. The summed E-state index contributed by atoms with van der Waals surface area (Å²) in [4.78, 5) is 2.60. The standard InChI is InChI=1S/C16H28BrN3/c1-5-13-15(17)14(20(6-2)18-13)12-19-10-7-8-16(3,4)9-11-19/h5-12H2,1-4H3. The fraction of sp³-hybridized carbons (Fsp3) is 0.812. The Labute approximate surface area is 131 Å². The van der Waals surface area contributed by atoms with Crippen molar-refractivity contribution >= 4 is 15.9 Å². The Morgan fingerprint density at radius 1 is 1.20 bits per heavy atom. The van der Waals surface area contributed by atoms with Gasteiger partial charge in [0.2, 0.25) is 0 Å². The molecule has 4 heteroatoms. The van der Waals surface area contributed by atoms with Gasteiger partial charge in [0.25, 0.3) is 0 Å². The Morgan fingerprint density at radius 2 is 1.95 bits per heavy atom. The van der Waals surface area contributed by atoms with Crippen LogP contribution in [0, 0.1) is 5.41 Å². The van der Waals surface area contributed by atoms with E-state index in [2.05, 4.69) is 53.2 Å². The lowest BCUT2D eigenvalue weighted by atomic mass is 9.85. The van der Waals surface area contributed by atoms with Crippen molar-refractivity contribution in [2.75, 3.05) is 13.1 Å². The Balaban J connectivity index is 2.11. The number of hydrogen-bond acceptors (Lipinski definition) is 2. The van der Waals surface area contributed by atoms with Crippen molar-refractivity contribution in [3.63, 3.8) is 0 Å². The molecule has 1 aliphatic rings. The van der Waals surface area contributed by atoms with Gasteiger partial charge in [0.1, 0.15) is 0 Å². The molecule has 2 heterocycles. The lowest BCUT2D eigenvalue weighted by molar-refractivity contribution is 0.249. The molecule has 0 N–H and O–H groups in total. The van der Waals surface area contributed by atoms with Gasteiger partial charge in [-0.2, -0.15) is 5.10 Å². The van der Waals surface area contributed by atoms with E-state index in [1.54, 1.807) is 0 Å². The van der Waals surface area contributed by atoms with Gasteiger partial charge in [-0.3, -0.25) is 9.58 Å². The van der Waals surface area contributed by atoms with E-state index in [0.717, 1.165) is 19.5 Å². The Morgan fingerprint density at radius 3 is 2.60 bits per heavy atom. The minimum Gasteiger partial charge on any atom is -0.297 e. The van der Waals surface area contributed by atoms with E-state index in [0.29, 0.717) is 5.41 Å². The van der Waals surface area contributed by atoms with Gasteiger partial charge in [0.15, 0.2) is 0 Å². The van der Waals surface area contributed by atoms with Crippen LogP contribution in [-0.2, 0) is 19.5 Å². The minimum absolute atomic E-state index is 0.506. The summed E-state index contributed by atoms with van der Waals surface area (Å²) in [7, 11) is 0. The highest BCUT2D eigenvalue weighted by atomic mass is 79.9. The maximum atomic E-state index is 4.71. The molecule has 1 fully saturated rings. The molecular weight excluding hydrogens is 314 g/mol. The molecule has 1 aromatic heterocycles. The van der Waals surface area contributed by atoms with Crippen LogP contribution in [0.4, 0.5) is 0 Å². The first-order valence-electron chi connectivity index (χ1n) is 7.93. The van der Waals surface area contributed by atoms with Crippen molar-refractivity contribution in [1.29, 1.82) is 0 Å². The molecule has 114 valence electrons. The maximum absolute atomic E-state index is 4.71. The van der Waals surface area contributed by atoms with Gasteiger partial charge in [-0.15, -0.1) is 0 Å². The second-order valence-corrected chi connectivity index (χ2v) is 7.46. The second-order valence-electron chi connectivity index (χ2n) is 6.67. The third-order valence-electron chi connectivity index (χ3n) is 4.50. The smallest absolute Gasteiger partial charge is 0.0767 e. The second kappa shape index (κ2) is 6.61. The zero-order valence-electron chi connectivity index (χ0n) is 13.4. The summed E-state index contributed by atoms with van der Waals surface area (Å²) in [6.45, 7) is 13.5. The largest absolute Gasteiger partial charge is 0.297 e. The molecule has 1 aromatic rings. The van der Waals surface area contributed by atoms with Gasteiger partial charge in [-0.1, -0.05) is 20.8 Å². The zero-order valence-corrected chi connectivity index (χ0v) is 15.0. The van der Waals surface area contributed by atoms with Gasteiger partial charge < -0.3 is 0 Å². The van der Waals surface area contributed by atoms with Crippen LogP contribution >= 0.6 is 15.9 Å². The molecule has 0 saturated carbocycles. The minimum atomic E-state index is 0.506. The number of rotatable bonds is 4. The highest BCUT2D eigenvalue weighted by molar-refractivity contribution is 9.10. The van der Waals surface area contributed by atoms with E-state index in [9.17, 15) is 0 Å². The number of hydrogen-bond donors (Lipinski definition) is 0. The summed E-state index contributed by atoms with van der Waals surface area (Å²) >= 11 is 3.76. The van der Waals surface area contributed by atoms with Crippen molar-refractivity contribution in [2.45, 2.75) is 66.5 Å². The van der Waals surface area contributed by atoms with Crippen LogP contribution in [0.25, 0.3) is 0 Å². The summed E-state index contributed by atoms with van der Waals surface area (Å²) in [5.74, 6) is 0. The average molecular weight is 342 g/mol. The monoisotopic (exact) mass is 341 g/mol. The van der Waals surface area contributed by atoms with Crippen LogP contribution in [0.1, 0.15) is 58.3 Å². The molecule has 20 heavy (non-hydrogen) atoms. The molecule has 0 bridgehead atoms. The fourth-order valence-corrected chi connectivity index (χ4v) is 3.71. The summed E-state index contributed by atoms with van der Waals surface area (Å²) in [5, 5.41) is 4.71. The van der Waals surface area contributed by atoms with E-state index in [1.807, 2.05) is 0 Å². The van der Waals surface area contributed by atoms with E-state index < -0.39 is 0 Å². The predicted octanol–water partition coefficient (Wildman–Crippen LogP) is 4.24. The lowest BCUT2D eigenvalue weighted by Gasteiger charge is -2.23. The van der Waals surface area contributed by atoms with Crippen LogP contribution in [0.3, 0.4) is 0 Å². The maximum Gasteiger partial charge on any atom is 0.0767 e. The summed E-state index contributed by atoms with van der Waals surface area (Å²) < 4.78 is 3.39. The molecule has 1 saturated heterocycles. The van der Waals surface area contributed by atoms with Crippen LogP contribution in [0.2, 0.25) is 0 Å². The lowest BCUT2D eigenvalue weighted by Crippen LogP contribution is -2.26. The van der Waals surface area contributed by atoms with Crippen molar-refractivity contribution in [3.8, 4) is 0 Å². The molecule has 0 aromatic carbocycles. The van der Waals surface area contributed by atoms with E-state index in [-0.39, 0.29) is 0 Å². The molecule has 1 aliphatic heterocycles. The summed E-state index contributed by atoms with van der Waals surface area (Å²) in [5.41, 5.74) is 3.05. The SMILES string of the molecule is CCc1nn(CC)c(CN2CCCC(C)(C)CC2)c1Br. The third kappa shape index (κ3) is 3.64. The van der Waals surface area contributed by atoms with Crippen LogP contribution in [0.5, 0.6) is 0 Å². The van der Waals surface area contributed by atoms with E-state index in [4.69, 9.17) is 5.10 Å². The molecule has 0 amide bonds. The van der Waals surface area contributed by atoms with Crippen LogP contribution in [0.15, 0.2) is 4.47 Å². The van der Waals surface area contributed by atoms with Crippen molar-refractivity contribution in [1.82, 2.24) is 14.7 Å². The topological polar surface area (TPSA) is 21.1 Å². The third-order valence-corrected chi connectivity index (χ3v) is 5.42. The summed E-state index contributed by atoms with van der Waals surface area (Å²) in [6, 6.07) is 0. The van der Waals surface area contributed by atoms with E-state index >= 15 is 0 Å². The molecule has 2 rings (SSSR count). The van der Waals surface area contributed by atoms with Gasteiger partial charge in [-0.05, 0) is 67.0 Å². The Bertz CT molecular complexity index is 451. The highest BCUT2D eigenvalue weighted by Gasteiger charge is 2.24. The normalized spacial score (nSPS) is 20.1. The number of nitrogens with zero attached hydrogens (tertiary/aromatic N) is 3. The highest BCUT2D eigenvalue weighted by Crippen LogP contribution is 2.31. The Hall–Kier alpha value is -0.350. The van der Waals surface area contributed by atoms with Crippen LogP contribution < -0.4 is 0 Å². The molecular formula is C16H28BrN3. The first kappa shape index (κ1) is 16.0. The van der Waals surface area contributed by atoms with Gasteiger partial charge in [0, 0.05) is 13.1 Å². The molecule has 3 nitrogen and oxygen atoms in total. The van der Waals surface area contributed by atoms with Gasteiger partial charge in [-0.25, -0.2) is 0 Å². The first-order valence-corrected chi connectivity index (χ1v) is 8.72. The van der Waals surface area contributed by atoms with Crippen LogP contribution in [-0.4, -0.2) is 27.8 Å². The zero-order chi connectivity index (χ0) is 14.8. The fourth-order valence-electron chi connectivity index (χ4n) is 3.02. The summed E-state index contributed by atoms with van der Waals surface area (Å²) in [6.07, 6.45) is 4.95. The number of likely N-dealkylation sites (tertiary alicyclic amines) is 1. The average Bonchev–Trinajstić information content (AvgIpc) is 2.60. The van der Waals surface area contributed by atoms with Gasteiger partial charge >= 0.3 is 0 Å². The van der Waals surface area contributed by atoms with Crippen molar-refractivity contribution in [2.24, 2.45) is 5.41 Å². The molecule has 0 aliphatic carbocycles. The molecule has 0 radical (unpaired) electrons. The number of aromatic nitrogens is 2. The molecule has 0 atom stereocenters. The quantitative estimate of drug-likeness (QED) is 0.816. The number of aryl methyl sites for hydroxylation is 2.